The molecule has 0 atom stereocenters. The van der Waals surface area contributed by atoms with Crippen LogP contribution in [0.25, 0.3) is 0 Å². The van der Waals surface area contributed by atoms with Crippen LogP contribution >= 0.6 is 0 Å². The molecule has 0 bridgehead atoms. The molecule has 6 heteroatoms. The number of ether oxygens (including phenoxy) is 1. The molecule has 1 heterocycles. The molecule has 0 saturated heterocycles. The molecule has 22 heavy (non-hydrogen) atoms. The van der Waals surface area contributed by atoms with Crippen LogP contribution in [0.4, 0.5) is 17.5 Å². The zero-order valence-electron chi connectivity index (χ0n) is 12.8. The quantitative estimate of drug-likeness (QED) is 0.765. The normalized spacial score (nSPS) is 10.0. The molecule has 2 rings (SSSR count). The van der Waals surface area contributed by atoms with Gasteiger partial charge in [-0.15, -0.1) is 0 Å². The zero-order valence-corrected chi connectivity index (χ0v) is 12.8. The number of nitrogens with zero attached hydrogens (tertiary/aromatic N) is 3. The number of rotatable bonds is 7. The van der Waals surface area contributed by atoms with E-state index in [9.17, 15) is 0 Å². The lowest BCUT2D eigenvalue weighted by Gasteiger charge is -2.10. The Morgan fingerprint density at radius 1 is 1.23 bits per heavy atom. The third kappa shape index (κ3) is 4.72. The molecular formula is C16H19N5O. The molecule has 2 N–H and O–H groups in total. The first-order valence-electron chi connectivity index (χ1n) is 7.07. The Morgan fingerprint density at radius 3 is 2.68 bits per heavy atom. The van der Waals surface area contributed by atoms with Gasteiger partial charge in [0.05, 0.1) is 11.6 Å². The van der Waals surface area contributed by atoms with E-state index in [4.69, 9.17) is 10.00 Å². The molecule has 0 fully saturated rings. The highest BCUT2D eigenvalue weighted by atomic mass is 16.5. The molecule has 0 radical (unpaired) electrons. The van der Waals surface area contributed by atoms with Gasteiger partial charge in [-0.2, -0.15) is 10.2 Å². The number of nitriles is 1. The van der Waals surface area contributed by atoms with Crippen molar-refractivity contribution in [1.82, 2.24) is 9.97 Å². The van der Waals surface area contributed by atoms with Crippen LogP contribution in [-0.4, -0.2) is 30.2 Å². The van der Waals surface area contributed by atoms with Crippen molar-refractivity contribution in [2.24, 2.45) is 0 Å². The van der Waals surface area contributed by atoms with E-state index in [0.717, 1.165) is 24.3 Å². The van der Waals surface area contributed by atoms with Gasteiger partial charge in [0.25, 0.3) is 0 Å². The van der Waals surface area contributed by atoms with Crippen LogP contribution in [0.5, 0.6) is 0 Å². The van der Waals surface area contributed by atoms with Crippen molar-refractivity contribution in [3.63, 3.8) is 0 Å². The van der Waals surface area contributed by atoms with E-state index >= 15 is 0 Å². The van der Waals surface area contributed by atoms with E-state index in [1.165, 1.54) is 0 Å². The number of benzene rings is 1. The van der Waals surface area contributed by atoms with E-state index < -0.39 is 0 Å². The maximum atomic E-state index is 8.80. The second-order valence-corrected chi connectivity index (χ2v) is 4.81. The Labute approximate surface area is 130 Å². The first-order chi connectivity index (χ1) is 10.7. The minimum Gasteiger partial charge on any atom is -0.385 e. The molecule has 0 aliphatic carbocycles. The predicted molar refractivity (Wildman–Crippen MR) is 86.2 cm³/mol. The number of aryl methyl sites for hydroxylation is 1. The average Bonchev–Trinajstić information content (AvgIpc) is 2.52. The third-order valence-corrected chi connectivity index (χ3v) is 2.95. The van der Waals surface area contributed by atoms with Crippen LogP contribution < -0.4 is 10.6 Å². The summed E-state index contributed by atoms with van der Waals surface area (Å²) in [4.78, 5) is 8.78. The van der Waals surface area contributed by atoms with Gasteiger partial charge in [0.1, 0.15) is 5.82 Å². The number of hydrogen-bond acceptors (Lipinski definition) is 6. The number of aromatic nitrogens is 2. The molecule has 0 spiro atoms. The summed E-state index contributed by atoms with van der Waals surface area (Å²) in [7, 11) is 1.68. The summed E-state index contributed by atoms with van der Waals surface area (Å²) in [5, 5.41) is 15.2. The van der Waals surface area contributed by atoms with Gasteiger partial charge in [-0.25, -0.2) is 4.98 Å². The van der Waals surface area contributed by atoms with Crippen molar-refractivity contribution in [2.75, 3.05) is 30.9 Å². The second-order valence-electron chi connectivity index (χ2n) is 4.81. The highest BCUT2D eigenvalue weighted by molar-refractivity contribution is 5.58. The van der Waals surface area contributed by atoms with Crippen LogP contribution in [0.3, 0.4) is 0 Å². The minimum absolute atomic E-state index is 0.590. The fourth-order valence-electron chi connectivity index (χ4n) is 1.90. The van der Waals surface area contributed by atoms with Crippen molar-refractivity contribution in [3.8, 4) is 6.07 Å². The molecule has 0 amide bonds. The highest BCUT2D eigenvalue weighted by Crippen LogP contribution is 2.17. The van der Waals surface area contributed by atoms with E-state index in [1.54, 1.807) is 19.2 Å². The van der Waals surface area contributed by atoms with E-state index in [2.05, 4.69) is 26.7 Å². The number of anilines is 3. The van der Waals surface area contributed by atoms with E-state index in [-0.39, 0.29) is 0 Å². The minimum atomic E-state index is 0.590. The van der Waals surface area contributed by atoms with Crippen LogP contribution in [0.15, 0.2) is 30.3 Å². The van der Waals surface area contributed by atoms with Gasteiger partial charge in [-0.1, -0.05) is 0 Å². The van der Waals surface area contributed by atoms with Gasteiger partial charge < -0.3 is 15.4 Å². The maximum absolute atomic E-state index is 8.80. The standard InChI is InChI=1S/C16H19N5O/c1-12-10-15(20-14-6-4-13(11-17)5-7-14)21-16(19-12)18-8-3-9-22-2/h4-7,10H,3,8-9H2,1-2H3,(H2,18,19,20,21). The summed E-state index contributed by atoms with van der Waals surface area (Å²) in [6.07, 6.45) is 0.895. The summed E-state index contributed by atoms with van der Waals surface area (Å²) in [5.41, 5.74) is 2.38. The molecule has 0 aliphatic heterocycles. The zero-order chi connectivity index (χ0) is 15.8. The van der Waals surface area contributed by atoms with E-state index in [1.807, 2.05) is 25.1 Å². The van der Waals surface area contributed by atoms with Gasteiger partial charge in [0, 0.05) is 37.7 Å². The largest absolute Gasteiger partial charge is 0.385 e. The fourth-order valence-corrected chi connectivity index (χ4v) is 1.90. The van der Waals surface area contributed by atoms with Gasteiger partial charge in [0.15, 0.2) is 0 Å². The lowest BCUT2D eigenvalue weighted by molar-refractivity contribution is 0.197. The van der Waals surface area contributed by atoms with Crippen molar-refractivity contribution < 1.29 is 4.74 Å². The summed E-state index contributed by atoms with van der Waals surface area (Å²) < 4.78 is 5.01. The van der Waals surface area contributed by atoms with Crippen molar-refractivity contribution in [1.29, 1.82) is 5.26 Å². The number of nitrogens with one attached hydrogen (secondary N) is 2. The SMILES string of the molecule is COCCCNc1nc(C)cc(Nc2ccc(C#N)cc2)n1. The Morgan fingerprint density at radius 2 is 2.00 bits per heavy atom. The first-order valence-corrected chi connectivity index (χ1v) is 7.07. The van der Waals surface area contributed by atoms with Crippen LogP contribution in [-0.2, 0) is 4.74 Å². The van der Waals surface area contributed by atoms with Crippen LogP contribution in [0.2, 0.25) is 0 Å². The van der Waals surface area contributed by atoms with Gasteiger partial charge in [-0.3, -0.25) is 0 Å². The topological polar surface area (TPSA) is 82.9 Å². The Kier molecular flexibility index (Phi) is 5.69. The van der Waals surface area contributed by atoms with Crippen LogP contribution in [0, 0.1) is 18.3 Å². The summed E-state index contributed by atoms with van der Waals surface area (Å²) in [6, 6.07) is 11.2. The van der Waals surface area contributed by atoms with Crippen molar-refractivity contribution in [3.05, 3.63) is 41.6 Å². The molecule has 0 unspecified atom stereocenters. The predicted octanol–water partition coefficient (Wildman–Crippen LogP) is 2.85. The van der Waals surface area contributed by atoms with Crippen molar-refractivity contribution >= 4 is 17.5 Å². The van der Waals surface area contributed by atoms with Crippen LogP contribution in [0.1, 0.15) is 17.7 Å². The summed E-state index contributed by atoms with van der Waals surface area (Å²) in [6.45, 7) is 3.38. The Bertz CT molecular complexity index is 649. The lowest BCUT2D eigenvalue weighted by Crippen LogP contribution is -2.09. The average molecular weight is 297 g/mol. The third-order valence-electron chi connectivity index (χ3n) is 2.95. The first kappa shape index (κ1) is 15.7. The van der Waals surface area contributed by atoms with Gasteiger partial charge >= 0.3 is 0 Å². The van der Waals surface area contributed by atoms with E-state index in [0.29, 0.717) is 23.9 Å². The molecular weight excluding hydrogens is 278 g/mol. The maximum Gasteiger partial charge on any atom is 0.224 e. The summed E-state index contributed by atoms with van der Waals surface area (Å²) >= 11 is 0. The molecule has 2 aromatic rings. The molecule has 114 valence electrons. The molecule has 1 aromatic carbocycles. The number of hydrogen-bond donors (Lipinski definition) is 2. The Balaban J connectivity index is 2.03. The molecule has 6 nitrogen and oxygen atoms in total. The molecule has 0 aliphatic rings. The summed E-state index contributed by atoms with van der Waals surface area (Å²) in [5.74, 6) is 1.30. The fraction of sp³-hybridized carbons (Fsp3) is 0.312. The van der Waals surface area contributed by atoms with Gasteiger partial charge in [-0.05, 0) is 37.6 Å². The van der Waals surface area contributed by atoms with Crippen molar-refractivity contribution in [2.45, 2.75) is 13.3 Å². The second kappa shape index (κ2) is 7.96. The Hall–Kier alpha value is -2.65. The monoisotopic (exact) mass is 297 g/mol. The van der Waals surface area contributed by atoms with Gasteiger partial charge in [0.2, 0.25) is 5.95 Å². The molecule has 1 aromatic heterocycles. The highest BCUT2D eigenvalue weighted by Gasteiger charge is 2.03. The number of methoxy groups -OCH3 is 1. The lowest BCUT2D eigenvalue weighted by atomic mass is 10.2. The molecule has 0 saturated carbocycles. The smallest absolute Gasteiger partial charge is 0.224 e.